The highest BCUT2D eigenvalue weighted by atomic mass is 32.2. The number of amides is 1. The van der Waals surface area contributed by atoms with Crippen LogP contribution in [0, 0.1) is 0 Å². The minimum atomic E-state index is -0.374. The second kappa shape index (κ2) is 9.99. The van der Waals surface area contributed by atoms with Gasteiger partial charge in [-0.2, -0.15) is 0 Å². The summed E-state index contributed by atoms with van der Waals surface area (Å²) in [7, 11) is 0. The molecule has 0 radical (unpaired) electrons. The molecule has 9 heteroatoms. The SMILES string of the molecule is CCOC(=O)c1c(NC(=O)CSc2nnc(-c3cccc4ccccc34)o2)sc2c1CCCC2. The fraction of sp³-hybridized carbons (Fsp3) is 0.280. The van der Waals surface area contributed by atoms with E-state index < -0.39 is 0 Å². The van der Waals surface area contributed by atoms with Gasteiger partial charge in [-0.05, 0) is 55.0 Å². The summed E-state index contributed by atoms with van der Waals surface area (Å²) in [6, 6.07) is 13.9. The Bertz CT molecular complexity index is 1360. The first-order valence-electron chi connectivity index (χ1n) is 11.2. The number of nitrogens with one attached hydrogen (secondary N) is 1. The van der Waals surface area contributed by atoms with Gasteiger partial charge in [-0.3, -0.25) is 4.79 Å². The summed E-state index contributed by atoms with van der Waals surface area (Å²) >= 11 is 2.64. The molecule has 0 bridgehead atoms. The topological polar surface area (TPSA) is 94.3 Å². The lowest BCUT2D eigenvalue weighted by atomic mass is 9.95. The largest absolute Gasteiger partial charge is 0.462 e. The third kappa shape index (κ3) is 4.58. The molecule has 7 nitrogen and oxygen atoms in total. The fourth-order valence-corrected chi connectivity index (χ4v) is 6.01. The Morgan fingerprint density at radius 2 is 1.94 bits per heavy atom. The van der Waals surface area contributed by atoms with Crippen molar-refractivity contribution in [2.45, 2.75) is 37.8 Å². The van der Waals surface area contributed by atoms with Gasteiger partial charge in [0.25, 0.3) is 5.22 Å². The van der Waals surface area contributed by atoms with E-state index in [0.717, 1.165) is 64.2 Å². The number of aryl methyl sites for hydroxylation is 1. The number of hydrogen-bond donors (Lipinski definition) is 1. The highest BCUT2D eigenvalue weighted by Crippen LogP contribution is 2.39. The molecule has 1 aliphatic carbocycles. The molecule has 34 heavy (non-hydrogen) atoms. The van der Waals surface area contributed by atoms with Crippen LogP contribution in [-0.2, 0) is 22.4 Å². The number of thiophene rings is 1. The molecule has 1 amide bonds. The van der Waals surface area contributed by atoms with Gasteiger partial charge < -0.3 is 14.5 Å². The number of aromatic nitrogens is 2. The van der Waals surface area contributed by atoms with Crippen molar-refractivity contribution in [1.29, 1.82) is 0 Å². The van der Waals surface area contributed by atoms with Crippen molar-refractivity contribution < 1.29 is 18.7 Å². The van der Waals surface area contributed by atoms with Crippen LogP contribution in [0.4, 0.5) is 5.00 Å². The van der Waals surface area contributed by atoms with Gasteiger partial charge in [0.1, 0.15) is 5.00 Å². The Hall–Kier alpha value is -3.17. The summed E-state index contributed by atoms with van der Waals surface area (Å²) in [6.45, 7) is 2.07. The summed E-state index contributed by atoms with van der Waals surface area (Å²) in [6.07, 6.45) is 3.89. The smallest absolute Gasteiger partial charge is 0.341 e. The maximum atomic E-state index is 12.7. The number of rotatable bonds is 7. The molecule has 5 rings (SSSR count). The predicted molar refractivity (Wildman–Crippen MR) is 134 cm³/mol. The Kier molecular flexibility index (Phi) is 6.64. The van der Waals surface area contributed by atoms with E-state index in [1.165, 1.54) is 11.3 Å². The van der Waals surface area contributed by atoms with Crippen LogP contribution in [0.25, 0.3) is 22.2 Å². The van der Waals surface area contributed by atoms with Crippen LogP contribution in [0.2, 0.25) is 0 Å². The minimum absolute atomic E-state index is 0.0853. The first-order chi connectivity index (χ1) is 16.6. The summed E-state index contributed by atoms with van der Waals surface area (Å²) in [5.74, 6) is -0.113. The zero-order valence-electron chi connectivity index (χ0n) is 18.6. The molecule has 0 unspecified atom stereocenters. The van der Waals surface area contributed by atoms with Crippen LogP contribution in [-0.4, -0.2) is 34.4 Å². The first kappa shape index (κ1) is 22.6. The molecule has 0 aliphatic heterocycles. The monoisotopic (exact) mass is 493 g/mol. The molecule has 0 saturated heterocycles. The molecule has 1 aliphatic rings. The highest BCUT2D eigenvalue weighted by molar-refractivity contribution is 7.99. The van der Waals surface area contributed by atoms with E-state index in [9.17, 15) is 9.59 Å². The van der Waals surface area contributed by atoms with Crippen LogP contribution in [0.1, 0.15) is 40.6 Å². The van der Waals surface area contributed by atoms with Crippen molar-refractivity contribution in [3.63, 3.8) is 0 Å². The molecule has 4 aromatic rings. The molecule has 174 valence electrons. The first-order valence-corrected chi connectivity index (χ1v) is 13.0. The predicted octanol–water partition coefficient (Wildman–Crippen LogP) is 5.74. The molecular weight excluding hydrogens is 470 g/mol. The number of esters is 1. The standard InChI is InChI=1S/C25H23N3O4S2/c1-2-31-24(30)21-18-11-5-6-13-19(18)34-23(21)26-20(29)14-33-25-28-27-22(32-25)17-12-7-9-15-8-3-4-10-16(15)17/h3-4,7-10,12H,2,5-6,11,13-14H2,1H3,(H,26,29). The highest BCUT2D eigenvalue weighted by Gasteiger charge is 2.27. The maximum absolute atomic E-state index is 12.7. The van der Waals surface area contributed by atoms with E-state index >= 15 is 0 Å². The van der Waals surface area contributed by atoms with E-state index in [4.69, 9.17) is 9.15 Å². The fourth-order valence-electron chi connectivity index (χ4n) is 4.15. The lowest BCUT2D eigenvalue weighted by Crippen LogP contribution is -2.17. The van der Waals surface area contributed by atoms with Crippen molar-refractivity contribution in [2.24, 2.45) is 0 Å². The number of anilines is 1. The van der Waals surface area contributed by atoms with Crippen molar-refractivity contribution >= 4 is 50.7 Å². The second-order valence-corrected chi connectivity index (χ2v) is 9.90. The van der Waals surface area contributed by atoms with Crippen LogP contribution < -0.4 is 5.32 Å². The van der Waals surface area contributed by atoms with Crippen LogP contribution in [0.5, 0.6) is 0 Å². The van der Waals surface area contributed by atoms with Crippen molar-refractivity contribution in [2.75, 3.05) is 17.7 Å². The van der Waals surface area contributed by atoms with Crippen LogP contribution in [0.3, 0.4) is 0 Å². The lowest BCUT2D eigenvalue weighted by Gasteiger charge is -2.12. The van der Waals surface area contributed by atoms with Crippen molar-refractivity contribution in [1.82, 2.24) is 10.2 Å². The van der Waals surface area contributed by atoms with Gasteiger partial charge >= 0.3 is 5.97 Å². The number of carbonyl (C=O) groups is 2. The van der Waals surface area contributed by atoms with E-state index in [-0.39, 0.29) is 17.6 Å². The molecule has 0 spiro atoms. The zero-order valence-corrected chi connectivity index (χ0v) is 20.3. The molecular formula is C25H23N3O4S2. The van der Waals surface area contributed by atoms with Gasteiger partial charge in [0.15, 0.2) is 0 Å². The Labute approximate surface area is 204 Å². The van der Waals surface area contributed by atoms with Gasteiger partial charge in [0, 0.05) is 10.4 Å². The van der Waals surface area contributed by atoms with Crippen molar-refractivity contribution in [3.8, 4) is 11.5 Å². The Morgan fingerprint density at radius 3 is 2.82 bits per heavy atom. The van der Waals surface area contributed by atoms with E-state index in [1.807, 2.05) is 42.5 Å². The average Bonchev–Trinajstić information content (AvgIpc) is 3.47. The Morgan fingerprint density at radius 1 is 1.12 bits per heavy atom. The average molecular weight is 494 g/mol. The van der Waals surface area contributed by atoms with Gasteiger partial charge in [-0.1, -0.05) is 48.2 Å². The molecule has 2 aromatic heterocycles. The molecule has 2 aromatic carbocycles. The third-order valence-electron chi connectivity index (χ3n) is 5.66. The number of benzene rings is 2. The lowest BCUT2D eigenvalue weighted by molar-refractivity contribution is -0.113. The van der Waals surface area contributed by atoms with Gasteiger partial charge in [0.05, 0.1) is 17.9 Å². The molecule has 0 saturated carbocycles. The van der Waals surface area contributed by atoms with Gasteiger partial charge in [0.2, 0.25) is 11.8 Å². The minimum Gasteiger partial charge on any atom is -0.462 e. The van der Waals surface area contributed by atoms with Crippen LogP contribution >= 0.6 is 23.1 Å². The Balaban J connectivity index is 1.28. The summed E-state index contributed by atoms with van der Waals surface area (Å²) in [4.78, 5) is 26.5. The van der Waals surface area contributed by atoms with Gasteiger partial charge in [-0.15, -0.1) is 21.5 Å². The number of hydrogen-bond acceptors (Lipinski definition) is 8. The number of thioether (sulfide) groups is 1. The second-order valence-electron chi connectivity index (χ2n) is 7.87. The summed E-state index contributed by atoms with van der Waals surface area (Å²) in [5.41, 5.74) is 2.38. The van der Waals surface area contributed by atoms with E-state index in [0.29, 0.717) is 28.3 Å². The normalized spacial score (nSPS) is 13.0. The summed E-state index contributed by atoms with van der Waals surface area (Å²) < 4.78 is 11.1. The maximum Gasteiger partial charge on any atom is 0.341 e. The number of nitrogens with zero attached hydrogens (tertiary/aromatic N) is 2. The summed E-state index contributed by atoms with van der Waals surface area (Å²) in [5, 5.41) is 14.2. The van der Waals surface area contributed by atoms with Crippen molar-refractivity contribution in [3.05, 3.63) is 58.5 Å². The quantitative estimate of drug-likeness (QED) is 0.259. The number of fused-ring (bicyclic) bond motifs is 2. The number of ether oxygens (including phenoxy) is 1. The third-order valence-corrected chi connectivity index (χ3v) is 7.68. The van der Waals surface area contributed by atoms with Gasteiger partial charge in [-0.25, -0.2) is 4.79 Å². The van der Waals surface area contributed by atoms with Crippen LogP contribution in [0.15, 0.2) is 52.1 Å². The molecule has 0 fully saturated rings. The molecule has 2 heterocycles. The zero-order chi connectivity index (χ0) is 23.5. The molecule has 0 atom stereocenters. The molecule has 1 N–H and O–H groups in total. The van der Waals surface area contributed by atoms with E-state index in [2.05, 4.69) is 15.5 Å². The number of carbonyl (C=O) groups excluding carboxylic acids is 2. The van der Waals surface area contributed by atoms with E-state index in [1.54, 1.807) is 6.92 Å².